The van der Waals surface area contributed by atoms with E-state index in [0.29, 0.717) is 27.7 Å². The number of aromatic nitrogens is 4. The van der Waals surface area contributed by atoms with Gasteiger partial charge in [-0.2, -0.15) is 0 Å². The normalized spacial score (nSPS) is 19.1. The summed E-state index contributed by atoms with van der Waals surface area (Å²) in [4.78, 5) is 22.0. The highest BCUT2D eigenvalue weighted by molar-refractivity contribution is 6.31. The van der Waals surface area contributed by atoms with E-state index in [4.69, 9.17) is 16.0 Å². The van der Waals surface area contributed by atoms with Gasteiger partial charge in [-0.05, 0) is 50.2 Å². The highest BCUT2D eigenvalue weighted by Gasteiger charge is 2.45. The SMILES string of the molecule is C[C@@H](Nc1nnc(-c2cc3cc(Cl)cnc3[nH]2)o1)C(=O)N1CCC2(CC1)CC2. The Balaban J connectivity index is 1.25. The number of hydrogen-bond acceptors (Lipinski definition) is 6. The van der Waals surface area contributed by atoms with Crippen LogP contribution in [0.2, 0.25) is 5.02 Å². The van der Waals surface area contributed by atoms with E-state index in [-0.39, 0.29) is 11.9 Å². The van der Waals surface area contributed by atoms with Gasteiger partial charge in [-0.15, -0.1) is 5.10 Å². The van der Waals surface area contributed by atoms with E-state index >= 15 is 0 Å². The molecule has 0 radical (unpaired) electrons. The van der Waals surface area contributed by atoms with Crippen molar-refractivity contribution in [3.63, 3.8) is 0 Å². The van der Waals surface area contributed by atoms with Crippen molar-refractivity contribution in [1.29, 1.82) is 0 Å². The van der Waals surface area contributed by atoms with Crippen molar-refractivity contribution in [2.24, 2.45) is 5.41 Å². The van der Waals surface area contributed by atoms with Gasteiger partial charge in [0.25, 0.3) is 5.89 Å². The number of anilines is 1. The van der Waals surface area contributed by atoms with Crippen LogP contribution in [0, 0.1) is 5.41 Å². The third kappa shape index (κ3) is 3.22. The van der Waals surface area contributed by atoms with E-state index in [1.54, 1.807) is 6.20 Å². The van der Waals surface area contributed by atoms with Crippen LogP contribution in [0.25, 0.3) is 22.6 Å². The fourth-order valence-corrected chi connectivity index (χ4v) is 4.06. The van der Waals surface area contributed by atoms with Gasteiger partial charge in [-0.25, -0.2) is 4.98 Å². The molecule has 2 N–H and O–H groups in total. The fraction of sp³-hybridized carbons (Fsp3) is 0.474. The van der Waals surface area contributed by atoms with E-state index in [9.17, 15) is 4.79 Å². The summed E-state index contributed by atoms with van der Waals surface area (Å²) in [5.41, 5.74) is 1.89. The average Bonchev–Trinajstić information content (AvgIpc) is 3.10. The van der Waals surface area contributed by atoms with Crippen LogP contribution >= 0.6 is 11.6 Å². The number of likely N-dealkylation sites (tertiary alicyclic amines) is 1. The van der Waals surface area contributed by atoms with Crippen LogP contribution in [0.4, 0.5) is 6.01 Å². The van der Waals surface area contributed by atoms with Crippen molar-refractivity contribution < 1.29 is 9.21 Å². The number of halogens is 1. The van der Waals surface area contributed by atoms with Crippen LogP contribution in [0.5, 0.6) is 0 Å². The summed E-state index contributed by atoms with van der Waals surface area (Å²) in [6, 6.07) is 3.45. The molecule has 1 aliphatic carbocycles. The van der Waals surface area contributed by atoms with Crippen molar-refractivity contribution in [1.82, 2.24) is 25.1 Å². The number of aromatic amines is 1. The second-order valence-corrected chi connectivity index (χ2v) is 8.31. The first-order chi connectivity index (χ1) is 13.5. The Kier molecular flexibility index (Phi) is 4.04. The molecule has 0 unspecified atom stereocenters. The first-order valence-corrected chi connectivity index (χ1v) is 9.93. The van der Waals surface area contributed by atoms with Gasteiger partial charge >= 0.3 is 6.01 Å². The summed E-state index contributed by atoms with van der Waals surface area (Å²) in [6.07, 6.45) is 6.46. The predicted octanol–water partition coefficient (Wildman–Crippen LogP) is 3.47. The molecule has 2 aliphatic rings. The second-order valence-electron chi connectivity index (χ2n) is 7.88. The molecule has 3 aromatic rings. The molecule has 2 fully saturated rings. The molecule has 1 spiro atoms. The summed E-state index contributed by atoms with van der Waals surface area (Å²) in [7, 11) is 0. The van der Waals surface area contributed by atoms with Gasteiger partial charge in [0.05, 0.1) is 5.02 Å². The Bertz CT molecular complexity index is 1030. The lowest BCUT2D eigenvalue weighted by Crippen LogP contribution is -2.45. The Labute approximate surface area is 166 Å². The molecule has 8 nitrogen and oxygen atoms in total. The highest BCUT2D eigenvalue weighted by Crippen LogP contribution is 2.53. The number of nitrogens with zero attached hydrogens (tertiary/aromatic N) is 4. The number of piperidine rings is 1. The molecule has 9 heteroatoms. The van der Waals surface area contributed by atoms with Crippen LogP contribution in [0.3, 0.4) is 0 Å². The molecule has 4 heterocycles. The number of nitrogens with one attached hydrogen (secondary N) is 2. The molecular formula is C19H21ClN6O2. The lowest BCUT2D eigenvalue weighted by molar-refractivity contribution is -0.133. The zero-order valence-electron chi connectivity index (χ0n) is 15.5. The van der Waals surface area contributed by atoms with Gasteiger partial charge < -0.3 is 19.6 Å². The predicted molar refractivity (Wildman–Crippen MR) is 105 cm³/mol. The van der Waals surface area contributed by atoms with Crippen molar-refractivity contribution in [3.8, 4) is 11.6 Å². The van der Waals surface area contributed by atoms with Crippen molar-refractivity contribution in [2.45, 2.75) is 38.6 Å². The maximum absolute atomic E-state index is 12.7. The molecular weight excluding hydrogens is 380 g/mol. The fourth-order valence-electron chi connectivity index (χ4n) is 3.89. The quantitative estimate of drug-likeness (QED) is 0.695. The van der Waals surface area contributed by atoms with Gasteiger partial charge in [0, 0.05) is 24.7 Å². The number of H-pyrrole nitrogens is 1. The summed E-state index contributed by atoms with van der Waals surface area (Å²) in [6.45, 7) is 3.50. The number of carbonyl (C=O) groups is 1. The molecule has 5 rings (SSSR count). The van der Waals surface area contributed by atoms with E-state index in [1.807, 2.05) is 24.0 Å². The molecule has 0 bridgehead atoms. The molecule has 1 saturated carbocycles. The Morgan fingerprint density at radius 1 is 1.29 bits per heavy atom. The van der Waals surface area contributed by atoms with Gasteiger partial charge in [-0.1, -0.05) is 16.7 Å². The van der Waals surface area contributed by atoms with E-state index < -0.39 is 6.04 Å². The van der Waals surface area contributed by atoms with Crippen LogP contribution < -0.4 is 5.32 Å². The van der Waals surface area contributed by atoms with E-state index in [1.165, 1.54) is 12.8 Å². The van der Waals surface area contributed by atoms with Crippen molar-refractivity contribution >= 4 is 34.6 Å². The number of hydrogen-bond donors (Lipinski definition) is 2. The molecule has 146 valence electrons. The number of pyridine rings is 1. The molecule has 28 heavy (non-hydrogen) atoms. The molecule has 1 amide bonds. The Morgan fingerprint density at radius 2 is 2.07 bits per heavy atom. The molecule has 1 saturated heterocycles. The summed E-state index contributed by atoms with van der Waals surface area (Å²) < 4.78 is 5.68. The lowest BCUT2D eigenvalue weighted by Gasteiger charge is -2.33. The van der Waals surface area contributed by atoms with E-state index in [2.05, 4.69) is 25.5 Å². The van der Waals surface area contributed by atoms with Crippen LogP contribution in [0.1, 0.15) is 32.6 Å². The largest absolute Gasteiger partial charge is 0.402 e. The summed E-state index contributed by atoms with van der Waals surface area (Å²) >= 11 is 5.97. The maximum atomic E-state index is 12.7. The average molecular weight is 401 g/mol. The monoisotopic (exact) mass is 400 g/mol. The smallest absolute Gasteiger partial charge is 0.316 e. The first-order valence-electron chi connectivity index (χ1n) is 9.55. The standard InChI is InChI=1S/C19H21ClN6O2/c1-11(17(27)26-6-4-19(2-3-19)5-7-26)22-18-25-24-16(28-18)14-9-12-8-13(20)10-21-15(12)23-14/h8-11H,2-7H2,1H3,(H,21,23)(H,22,25)/t11-/m1/s1. The van der Waals surface area contributed by atoms with Crippen molar-refractivity contribution in [2.75, 3.05) is 18.4 Å². The minimum Gasteiger partial charge on any atom is -0.402 e. The number of rotatable bonds is 4. The zero-order valence-corrected chi connectivity index (χ0v) is 16.3. The Morgan fingerprint density at radius 3 is 2.82 bits per heavy atom. The number of carbonyl (C=O) groups excluding carboxylic acids is 1. The van der Waals surface area contributed by atoms with Gasteiger partial charge in [-0.3, -0.25) is 4.79 Å². The lowest BCUT2D eigenvalue weighted by atomic mass is 9.93. The molecule has 0 aromatic carbocycles. The second kappa shape index (κ2) is 6.48. The minimum absolute atomic E-state index is 0.0692. The third-order valence-electron chi connectivity index (χ3n) is 5.90. The Hall–Kier alpha value is -2.61. The van der Waals surface area contributed by atoms with Gasteiger partial charge in [0.15, 0.2) is 0 Å². The highest BCUT2D eigenvalue weighted by atomic mass is 35.5. The maximum Gasteiger partial charge on any atom is 0.316 e. The van der Waals surface area contributed by atoms with E-state index in [0.717, 1.165) is 31.3 Å². The van der Waals surface area contributed by atoms with Gasteiger partial charge in [0.2, 0.25) is 5.91 Å². The first kappa shape index (κ1) is 17.5. The zero-order chi connectivity index (χ0) is 19.3. The number of amides is 1. The molecule has 1 atom stereocenters. The molecule has 3 aromatic heterocycles. The van der Waals surface area contributed by atoms with Crippen LogP contribution in [-0.4, -0.2) is 50.1 Å². The number of fused-ring (bicyclic) bond motifs is 1. The van der Waals surface area contributed by atoms with Crippen LogP contribution in [0.15, 0.2) is 22.7 Å². The minimum atomic E-state index is -0.426. The summed E-state index contributed by atoms with van der Waals surface area (Å²) in [5, 5.41) is 12.5. The third-order valence-corrected chi connectivity index (χ3v) is 6.10. The van der Waals surface area contributed by atoms with Crippen LogP contribution in [-0.2, 0) is 4.79 Å². The van der Waals surface area contributed by atoms with Gasteiger partial charge in [0.1, 0.15) is 17.4 Å². The van der Waals surface area contributed by atoms with Crippen molar-refractivity contribution in [3.05, 3.63) is 23.4 Å². The molecule has 1 aliphatic heterocycles. The topological polar surface area (TPSA) is 99.9 Å². The summed E-state index contributed by atoms with van der Waals surface area (Å²) in [5.74, 6) is 0.393.